The van der Waals surface area contributed by atoms with Gasteiger partial charge in [-0.15, -0.1) is 0 Å². The van der Waals surface area contributed by atoms with Crippen molar-refractivity contribution in [2.45, 2.75) is 195 Å². The Balaban J connectivity index is 2.54. The second kappa shape index (κ2) is 36.1. The van der Waals surface area contributed by atoms with Crippen molar-refractivity contribution in [3.8, 4) is 0 Å². The number of nitrogens with zero attached hydrogens (tertiary/aromatic N) is 2. The van der Waals surface area contributed by atoms with Gasteiger partial charge in [-0.2, -0.15) is 0 Å². The number of hydrogen-bond acceptors (Lipinski definition) is 6. The van der Waals surface area contributed by atoms with Crippen molar-refractivity contribution in [3.05, 3.63) is 35.4 Å². The summed E-state index contributed by atoms with van der Waals surface area (Å²) < 4.78 is 11.4. The summed E-state index contributed by atoms with van der Waals surface area (Å²) in [6.07, 6.45) is 32.9. The van der Waals surface area contributed by atoms with E-state index in [1.54, 1.807) is 24.3 Å². The van der Waals surface area contributed by atoms with Gasteiger partial charge in [0, 0.05) is 13.1 Å². The molecule has 0 amide bonds. The van der Waals surface area contributed by atoms with E-state index in [1.165, 1.54) is 154 Å². The van der Waals surface area contributed by atoms with Crippen LogP contribution in [0.1, 0.15) is 215 Å². The smallest absolute Gasteiger partial charge is 0.339 e. The maximum Gasteiger partial charge on any atom is 0.339 e. The summed E-state index contributed by atoms with van der Waals surface area (Å²) in [4.78, 5) is 31.4. The minimum absolute atomic E-state index is 0.302. The Hall–Kier alpha value is -1.92. The lowest BCUT2D eigenvalue weighted by atomic mass is 10.1. The van der Waals surface area contributed by atoms with E-state index in [0.29, 0.717) is 24.3 Å². The van der Waals surface area contributed by atoms with Crippen LogP contribution in [0, 0.1) is 0 Å². The molecule has 0 N–H and O–H groups in total. The fourth-order valence-electron chi connectivity index (χ4n) is 7.03. The highest BCUT2D eigenvalue weighted by Crippen LogP contribution is 2.15. The van der Waals surface area contributed by atoms with Gasteiger partial charge < -0.3 is 19.3 Å². The predicted molar refractivity (Wildman–Crippen MR) is 223 cm³/mol. The van der Waals surface area contributed by atoms with Crippen LogP contribution in [0.4, 0.5) is 0 Å². The van der Waals surface area contributed by atoms with Gasteiger partial charge >= 0.3 is 11.9 Å². The molecule has 0 atom stereocenters. The number of carbonyl (C=O) groups excluding carboxylic acids is 2. The zero-order valence-electron chi connectivity index (χ0n) is 34.9. The Morgan fingerprint density at radius 1 is 0.385 bits per heavy atom. The molecule has 1 aromatic carbocycles. The highest BCUT2D eigenvalue weighted by Gasteiger charge is 2.19. The maximum atomic E-state index is 13.1. The Kier molecular flexibility index (Phi) is 33.4. The van der Waals surface area contributed by atoms with Crippen molar-refractivity contribution in [2.75, 3.05) is 52.5 Å². The normalized spacial score (nSPS) is 11.5. The molecule has 52 heavy (non-hydrogen) atoms. The number of hydrogen-bond donors (Lipinski definition) is 0. The molecular formula is C46H84N2O4. The second-order valence-electron chi connectivity index (χ2n) is 15.3. The standard InChI is InChI=1S/C46H84N2O4/c1-5-9-13-17-21-27-35-47(36-28-22-18-14-10-6-2)39-31-41-51-45(49)43-33-25-26-34-44(43)46(50)52-42-32-40-48(37-29-23-19-15-11-7-3)38-30-24-20-16-12-8-4/h25-26,33-34H,5-24,27-32,35-42H2,1-4H3. The molecule has 0 bridgehead atoms. The Morgan fingerprint density at radius 2 is 0.635 bits per heavy atom. The average molecular weight is 729 g/mol. The molecule has 0 heterocycles. The molecule has 0 aliphatic carbocycles. The van der Waals surface area contributed by atoms with E-state index < -0.39 is 11.9 Å². The summed E-state index contributed by atoms with van der Waals surface area (Å²) in [5.74, 6) is -0.870. The molecule has 0 unspecified atom stereocenters. The van der Waals surface area contributed by atoms with E-state index in [0.717, 1.165) is 52.1 Å². The number of carbonyl (C=O) groups is 2. The lowest BCUT2D eigenvalue weighted by Gasteiger charge is -2.22. The van der Waals surface area contributed by atoms with Gasteiger partial charge in [-0.25, -0.2) is 9.59 Å². The average Bonchev–Trinajstić information content (AvgIpc) is 3.16. The first-order valence-corrected chi connectivity index (χ1v) is 22.4. The molecule has 0 aromatic heterocycles. The van der Waals surface area contributed by atoms with Crippen LogP contribution < -0.4 is 0 Å². The summed E-state index contributed by atoms with van der Waals surface area (Å²) in [7, 11) is 0. The summed E-state index contributed by atoms with van der Waals surface area (Å²) in [5.41, 5.74) is 0.604. The second-order valence-corrected chi connectivity index (χ2v) is 15.3. The summed E-state index contributed by atoms with van der Waals surface area (Å²) in [6, 6.07) is 6.95. The lowest BCUT2D eigenvalue weighted by molar-refractivity contribution is 0.0440. The van der Waals surface area contributed by atoms with Crippen molar-refractivity contribution in [1.82, 2.24) is 9.80 Å². The molecule has 0 saturated carbocycles. The minimum atomic E-state index is -0.435. The lowest BCUT2D eigenvalue weighted by Crippen LogP contribution is -2.28. The van der Waals surface area contributed by atoms with Gasteiger partial charge in [0.1, 0.15) is 0 Å². The van der Waals surface area contributed by atoms with E-state index in [9.17, 15) is 9.59 Å². The van der Waals surface area contributed by atoms with Crippen LogP contribution in [0.2, 0.25) is 0 Å². The summed E-state index contributed by atoms with van der Waals surface area (Å²) in [6.45, 7) is 16.2. The van der Waals surface area contributed by atoms with Gasteiger partial charge in [0.15, 0.2) is 0 Å². The number of ether oxygens (including phenoxy) is 2. The van der Waals surface area contributed by atoms with E-state index in [4.69, 9.17) is 9.47 Å². The molecular weight excluding hydrogens is 645 g/mol. The third kappa shape index (κ3) is 26.8. The highest BCUT2D eigenvalue weighted by molar-refractivity contribution is 6.03. The van der Waals surface area contributed by atoms with Gasteiger partial charge in [-0.3, -0.25) is 0 Å². The first-order valence-electron chi connectivity index (χ1n) is 22.4. The monoisotopic (exact) mass is 729 g/mol. The number of unbranched alkanes of at least 4 members (excludes halogenated alkanes) is 20. The van der Waals surface area contributed by atoms with Crippen molar-refractivity contribution in [3.63, 3.8) is 0 Å². The SMILES string of the molecule is CCCCCCCCN(CCCCCCCC)CCCOC(=O)c1ccccc1C(=O)OCCCN(CCCCCCCC)CCCCCCCC. The first kappa shape index (κ1) is 48.1. The third-order valence-electron chi connectivity index (χ3n) is 10.4. The van der Waals surface area contributed by atoms with E-state index >= 15 is 0 Å². The molecule has 0 spiro atoms. The van der Waals surface area contributed by atoms with Crippen LogP contribution >= 0.6 is 0 Å². The summed E-state index contributed by atoms with van der Waals surface area (Å²) in [5, 5.41) is 0. The molecule has 6 nitrogen and oxygen atoms in total. The van der Waals surface area contributed by atoms with E-state index in [2.05, 4.69) is 37.5 Å². The number of benzene rings is 1. The Labute approximate surface area is 322 Å². The third-order valence-corrected chi connectivity index (χ3v) is 10.4. The molecule has 0 fully saturated rings. The number of rotatable bonds is 38. The van der Waals surface area contributed by atoms with Crippen LogP contribution in [-0.2, 0) is 9.47 Å². The maximum absolute atomic E-state index is 13.1. The van der Waals surface area contributed by atoms with Crippen molar-refractivity contribution in [2.24, 2.45) is 0 Å². The molecule has 0 aliphatic rings. The van der Waals surface area contributed by atoms with E-state index in [-0.39, 0.29) is 0 Å². The highest BCUT2D eigenvalue weighted by atomic mass is 16.5. The van der Waals surface area contributed by atoms with Crippen LogP contribution in [-0.4, -0.2) is 74.2 Å². The zero-order valence-corrected chi connectivity index (χ0v) is 34.9. The van der Waals surface area contributed by atoms with Crippen molar-refractivity contribution >= 4 is 11.9 Å². The molecule has 0 radical (unpaired) electrons. The quantitative estimate of drug-likeness (QED) is 0.0499. The Morgan fingerprint density at radius 3 is 0.923 bits per heavy atom. The Bertz CT molecular complexity index is 847. The van der Waals surface area contributed by atoms with Crippen LogP contribution in [0.15, 0.2) is 24.3 Å². The van der Waals surface area contributed by atoms with Gasteiger partial charge in [0.2, 0.25) is 0 Å². The minimum Gasteiger partial charge on any atom is -0.462 e. The van der Waals surface area contributed by atoms with Gasteiger partial charge in [-0.05, 0) is 76.8 Å². The van der Waals surface area contributed by atoms with Crippen molar-refractivity contribution < 1.29 is 19.1 Å². The number of esters is 2. The fraction of sp³-hybridized carbons (Fsp3) is 0.826. The fourth-order valence-corrected chi connectivity index (χ4v) is 7.03. The van der Waals surface area contributed by atoms with Gasteiger partial charge in [-0.1, -0.05) is 168 Å². The first-order chi connectivity index (χ1) is 25.6. The molecule has 0 aliphatic heterocycles. The van der Waals surface area contributed by atoms with Gasteiger partial charge in [0.05, 0.1) is 24.3 Å². The van der Waals surface area contributed by atoms with Crippen LogP contribution in [0.3, 0.4) is 0 Å². The van der Waals surface area contributed by atoms with E-state index in [1.807, 2.05) is 0 Å². The largest absolute Gasteiger partial charge is 0.462 e. The van der Waals surface area contributed by atoms with Crippen LogP contribution in [0.5, 0.6) is 0 Å². The summed E-state index contributed by atoms with van der Waals surface area (Å²) >= 11 is 0. The van der Waals surface area contributed by atoms with Crippen LogP contribution in [0.25, 0.3) is 0 Å². The van der Waals surface area contributed by atoms with Crippen molar-refractivity contribution in [1.29, 1.82) is 0 Å². The molecule has 6 heteroatoms. The topological polar surface area (TPSA) is 59.1 Å². The molecule has 1 aromatic rings. The predicted octanol–water partition coefficient (Wildman–Crippen LogP) is 12.8. The molecule has 302 valence electrons. The van der Waals surface area contributed by atoms with Gasteiger partial charge in [0.25, 0.3) is 0 Å². The molecule has 1 rings (SSSR count). The molecule has 0 saturated heterocycles. The zero-order chi connectivity index (χ0) is 37.7.